The highest BCUT2D eigenvalue weighted by Gasteiger charge is 2.24. The number of amides is 1. The molecule has 1 aliphatic carbocycles. The van der Waals surface area contributed by atoms with Crippen molar-refractivity contribution in [2.24, 2.45) is 0 Å². The Balaban J connectivity index is 1.50. The lowest BCUT2D eigenvalue weighted by Crippen LogP contribution is -2.40. The van der Waals surface area contributed by atoms with Gasteiger partial charge in [-0.2, -0.15) is 0 Å². The molecule has 0 aliphatic heterocycles. The Hall–Kier alpha value is -3.15. The summed E-state index contributed by atoms with van der Waals surface area (Å²) in [5.74, 6) is -0.204. The van der Waals surface area contributed by atoms with Crippen LogP contribution in [0.1, 0.15) is 43.0 Å². The molecule has 3 aromatic rings. The molecule has 0 saturated heterocycles. The van der Waals surface area contributed by atoms with Crippen molar-refractivity contribution in [1.82, 2.24) is 10.5 Å². The molecule has 1 fully saturated rings. The van der Waals surface area contributed by atoms with E-state index in [-0.39, 0.29) is 11.9 Å². The normalized spacial score (nSPS) is 15.5. The lowest BCUT2D eigenvalue weighted by atomic mass is 10.1. The first-order valence-corrected chi connectivity index (χ1v) is 9.58. The average Bonchev–Trinajstić information content (AvgIpc) is 3.37. The quantitative estimate of drug-likeness (QED) is 0.676. The number of hydrogen-bond donors (Lipinski definition) is 1. The number of hydrogen-bond acceptors (Lipinski definition) is 5. The molecule has 28 heavy (non-hydrogen) atoms. The van der Waals surface area contributed by atoms with Crippen LogP contribution in [0.2, 0.25) is 0 Å². The number of esters is 1. The smallest absolute Gasteiger partial charge is 0.338 e. The number of carbonyl (C=O) groups excluding carboxylic acids is 2. The molecule has 0 unspecified atom stereocenters. The summed E-state index contributed by atoms with van der Waals surface area (Å²) in [6.07, 6.45) is 3.38. The van der Waals surface area contributed by atoms with E-state index in [1.807, 2.05) is 30.3 Å². The third-order valence-corrected chi connectivity index (χ3v) is 5.10. The number of carbonyl (C=O) groups is 2. The zero-order valence-electron chi connectivity index (χ0n) is 15.7. The molecule has 0 radical (unpaired) electrons. The number of aromatic nitrogens is 1. The largest absolute Gasteiger partial charge is 0.449 e. The number of nitrogens with zero attached hydrogens (tertiary/aromatic N) is 1. The van der Waals surface area contributed by atoms with Crippen molar-refractivity contribution < 1.29 is 18.8 Å². The van der Waals surface area contributed by atoms with E-state index < -0.39 is 12.1 Å². The second kappa shape index (κ2) is 7.84. The van der Waals surface area contributed by atoms with Crippen molar-refractivity contribution >= 4 is 22.8 Å². The van der Waals surface area contributed by atoms with Gasteiger partial charge in [0.05, 0.1) is 10.9 Å². The maximum atomic E-state index is 12.6. The standard InChI is InChI=1S/C22H22N2O4/c1-14(21(25)23-17-9-5-6-10-17)27-22(26)16-11-12-19-18(13-16)20(28-24-19)15-7-3-2-4-8-15/h2-4,7-8,11-14,17H,5-6,9-10H2,1H3,(H,23,25)/t14-/m1/s1. The van der Waals surface area contributed by atoms with Gasteiger partial charge in [-0.1, -0.05) is 48.3 Å². The van der Waals surface area contributed by atoms with Crippen molar-refractivity contribution in [2.45, 2.75) is 44.8 Å². The number of fused-ring (bicyclic) bond motifs is 1. The minimum absolute atomic E-state index is 0.190. The molecule has 6 nitrogen and oxygen atoms in total. The summed E-state index contributed by atoms with van der Waals surface area (Å²) in [4.78, 5) is 24.8. The summed E-state index contributed by atoms with van der Waals surface area (Å²) in [6.45, 7) is 1.59. The van der Waals surface area contributed by atoms with Crippen molar-refractivity contribution in [3.8, 4) is 11.3 Å². The molecule has 1 aromatic heterocycles. The van der Waals surface area contributed by atoms with E-state index in [4.69, 9.17) is 9.26 Å². The first-order valence-electron chi connectivity index (χ1n) is 9.58. The molecule has 6 heteroatoms. The first kappa shape index (κ1) is 18.2. The predicted molar refractivity (Wildman–Crippen MR) is 105 cm³/mol. The number of rotatable bonds is 5. The molecule has 2 aromatic carbocycles. The molecule has 1 saturated carbocycles. The van der Waals surface area contributed by atoms with Crippen LogP contribution in [0.15, 0.2) is 53.1 Å². The second-order valence-electron chi connectivity index (χ2n) is 7.15. The highest BCUT2D eigenvalue weighted by Crippen LogP contribution is 2.29. The van der Waals surface area contributed by atoms with Gasteiger partial charge in [0.2, 0.25) is 0 Å². The number of nitrogens with one attached hydrogen (secondary N) is 1. The summed E-state index contributed by atoms with van der Waals surface area (Å²) >= 11 is 0. The van der Waals surface area contributed by atoms with Crippen LogP contribution in [0.4, 0.5) is 0 Å². The Morgan fingerprint density at radius 2 is 1.89 bits per heavy atom. The van der Waals surface area contributed by atoms with E-state index in [1.54, 1.807) is 25.1 Å². The van der Waals surface area contributed by atoms with Crippen LogP contribution in [0.25, 0.3) is 22.2 Å². The first-order chi connectivity index (χ1) is 13.6. The van der Waals surface area contributed by atoms with Crippen LogP contribution in [-0.4, -0.2) is 29.2 Å². The highest BCUT2D eigenvalue weighted by atomic mass is 16.5. The summed E-state index contributed by atoms with van der Waals surface area (Å²) in [5, 5.41) is 7.73. The van der Waals surface area contributed by atoms with Crippen LogP contribution in [0, 0.1) is 0 Å². The molecule has 1 amide bonds. The summed E-state index contributed by atoms with van der Waals surface area (Å²) < 4.78 is 10.8. The molecule has 4 rings (SSSR count). The second-order valence-corrected chi connectivity index (χ2v) is 7.15. The number of benzene rings is 2. The Labute approximate surface area is 162 Å². The van der Waals surface area contributed by atoms with Gasteiger partial charge < -0.3 is 14.6 Å². The Kier molecular flexibility index (Phi) is 5.10. The molecule has 0 bridgehead atoms. The van der Waals surface area contributed by atoms with Gasteiger partial charge >= 0.3 is 5.97 Å². The van der Waals surface area contributed by atoms with Gasteiger partial charge in [-0.25, -0.2) is 4.79 Å². The van der Waals surface area contributed by atoms with E-state index in [1.165, 1.54) is 0 Å². The van der Waals surface area contributed by atoms with Crippen molar-refractivity contribution in [3.63, 3.8) is 0 Å². The van der Waals surface area contributed by atoms with Crippen LogP contribution in [0.5, 0.6) is 0 Å². The van der Waals surface area contributed by atoms with Gasteiger partial charge in [0.25, 0.3) is 5.91 Å². The average molecular weight is 378 g/mol. The summed E-state index contributed by atoms with van der Waals surface area (Å²) in [5.41, 5.74) is 1.88. The Bertz CT molecular complexity index is 990. The Morgan fingerprint density at radius 3 is 2.64 bits per heavy atom. The molecular weight excluding hydrogens is 356 g/mol. The fourth-order valence-corrected chi connectivity index (χ4v) is 3.54. The Morgan fingerprint density at radius 1 is 1.14 bits per heavy atom. The van der Waals surface area contributed by atoms with E-state index in [2.05, 4.69) is 10.5 Å². The van der Waals surface area contributed by atoms with E-state index in [0.717, 1.165) is 36.6 Å². The molecule has 1 N–H and O–H groups in total. The van der Waals surface area contributed by atoms with Gasteiger partial charge in [-0.05, 0) is 38.0 Å². The van der Waals surface area contributed by atoms with Gasteiger partial charge in [0, 0.05) is 11.6 Å². The maximum absolute atomic E-state index is 12.6. The van der Waals surface area contributed by atoms with Crippen molar-refractivity contribution in [3.05, 3.63) is 54.1 Å². The fraction of sp³-hybridized carbons (Fsp3) is 0.318. The van der Waals surface area contributed by atoms with E-state index in [9.17, 15) is 9.59 Å². The minimum atomic E-state index is -0.847. The van der Waals surface area contributed by atoms with Crippen molar-refractivity contribution in [1.29, 1.82) is 0 Å². The molecule has 1 heterocycles. The summed E-state index contributed by atoms with van der Waals surface area (Å²) in [7, 11) is 0. The van der Waals surface area contributed by atoms with Gasteiger partial charge in [0.1, 0.15) is 5.52 Å². The van der Waals surface area contributed by atoms with Crippen LogP contribution >= 0.6 is 0 Å². The lowest BCUT2D eigenvalue weighted by Gasteiger charge is -2.17. The van der Waals surface area contributed by atoms with Gasteiger partial charge in [0.15, 0.2) is 11.9 Å². The molecule has 144 valence electrons. The van der Waals surface area contributed by atoms with Gasteiger partial charge in [-0.15, -0.1) is 0 Å². The summed E-state index contributed by atoms with van der Waals surface area (Å²) in [6, 6.07) is 14.8. The molecular formula is C22H22N2O4. The van der Waals surface area contributed by atoms with E-state index in [0.29, 0.717) is 16.8 Å². The topological polar surface area (TPSA) is 81.4 Å². The monoisotopic (exact) mass is 378 g/mol. The van der Waals surface area contributed by atoms with Crippen molar-refractivity contribution in [2.75, 3.05) is 0 Å². The number of ether oxygens (including phenoxy) is 1. The van der Waals surface area contributed by atoms with Crippen LogP contribution < -0.4 is 5.32 Å². The lowest BCUT2D eigenvalue weighted by molar-refractivity contribution is -0.129. The molecule has 1 aliphatic rings. The maximum Gasteiger partial charge on any atom is 0.338 e. The van der Waals surface area contributed by atoms with E-state index >= 15 is 0 Å². The molecule has 0 spiro atoms. The SMILES string of the molecule is C[C@@H](OC(=O)c1ccc2noc(-c3ccccc3)c2c1)C(=O)NC1CCCC1. The predicted octanol–water partition coefficient (Wildman–Crippen LogP) is 4.10. The third-order valence-electron chi connectivity index (χ3n) is 5.10. The van der Waals surface area contributed by atoms with Crippen LogP contribution in [0.3, 0.4) is 0 Å². The zero-order valence-corrected chi connectivity index (χ0v) is 15.7. The fourth-order valence-electron chi connectivity index (χ4n) is 3.54. The zero-order chi connectivity index (χ0) is 19.5. The van der Waals surface area contributed by atoms with Crippen LogP contribution in [-0.2, 0) is 9.53 Å². The highest BCUT2D eigenvalue weighted by molar-refractivity contribution is 5.99. The third kappa shape index (κ3) is 3.76. The minimum Gasteiger partial charge on any atom is -0.449 e. The van der Waals surface area contributed by atoms with Gasteiger partial charge in [-0.3, -0.25) is 4.79 Å². The molecule has 1 atom stereocenters.